The van der Waals surface area contributed by atoms with E-state index in [0.717, 1.165) is 19.4 Å². The van der Waals surface area contributed by atoms with Gasteiger partial charge in [0.2, 0.25) is 11.5 Å². The third-order valence-corrected chi connectivity index (χ3v) is 7.06. The Hall–Kier alpha value is -4.61. The standard InChI is InChI=1S/C30H31N5O6.ClH/c31-27-14-20(11-13-33-27)30(39)35-23-15-32-12-3-5-22(23)34-29(38)19-9-7-18(8-10-19)28(37)26-17-40-25(16-41-26)21-4-1-2-6-24(21)36;/h2,6-11,13-14,16-17,22-23,32,36H,1,3-5,12,15H2,(H2,31,33)(H,34,38)(H,35,39);1H/t22-,23-;/m1./s1. The zero-order valence-electron chi connectivity index (χ0n) is 22.7. The second-order valence-electron chi connectivity index (χ2n) is 9.89. The summed E-state index contributed by atoms with van der Waals surface area (Å²) in [4.78, 5) is 42.8. The van der Waals surface area contributed by atoms with Gasteiger partial charge in [0.1, 0.15) is 24.1 Å². The lowest BCUT2D eigenvalue weighted by Gasteiger charge is -2.27. The average molecular weight is 594 g/mol. The van der Waals surface area contributed by atoms with Crippen LogP contribution in [0.4, 0.5) is 5.82 Å². The molecule has 1 fully saturated rings. The van der Waals surface area contributed by atoms with Crippen molar-refractivity contribution in [1.82, 2.24) is 20.9 Å². The number of rotatable bonds is 7. The zero-order chi connectivity index (χ0) is 28.8. The minimum Gasteiger partial charge on any atom is -0.508 e. The minimum absolute atomic E-state index is 0. The van der Waals surface area contributed by atoms with Crippen LogP contribution < -0.4 is 21.7 Å². The fourth-order valence-electron chi connectivity index (χ4n) is 4.82. The van der Waals surface area contributed by atoms with E-state index < -0.39 is 5.78 Å². The van der Waals surface area contributed by atoms with Crippen LogP contribution >= 0.6 is 12.4 Å². The van der Waals surface area contributed by atoms with Crippen molar-refractivity contribution in [3.05, 3.63) is 107 Å². The molecule has 1 aliphatic carbocycles. The number of nitrogens with two attached hydrogens (primary N) is 1. The Balaban J connectivity index is 0.00000405. The summed E-state index contributed by atoms with van der Waals surface area (Å²) in [6.45, 7) is 1.26. The molecule has 220 valence electrons. The molecule has 2 amide bonds. The first kappa shape index (κ1) is 30.4. The smallest absolute Gasteiger partial charge is 0.251 e. The van der Waals surface area contributed by atoms with Gasteiger partial charge in [-0.1, -0.05) is 18.2 Å². The number of ether oxygens (including phenoxy) is 2. The molecule has 1 aromatic heterocycles. The van der Waals surface area contributed by atoms with E-state index in [1.807, 2.05) is 6.08 Å². The first-order chi connectivity index (χ1) is 19.9. The Labute approximate surface area is 249 Å². The Morgan fingerprint density at radius 1 is 0.976 bits per heavy atom. The van der Waals surface area contributed by atoms with Crippen molar-refractivity contribution < 1.29 is 29.0 Å². The number of aliphatic hydroxyl groups is 1. The molecule has 0 saturated carbocycles. The SMILES string of the molecule is Cl.Nc1cc(C(=O)N[C@@H]2CNCCC[C@H]2NC(=O)c2ccc(C(=O)C3=COC(C4=C(O)C=CCC4)=CO3)cc2)ccn1. The first-order valence-corrected chi connectivity index (χ1v) is 13.4. The maximum Gasteiger partial charge on any atom is 0.251 e. The molecule has 0 unspecified atom stereocenters. The summed E-state index contributed by atoms with van der Waals surface area (Å²) in [6.07, 6.45) is 10.3. The van der Waals surface area contributed by atoms with Gasteiger partial charge >= 0.3 is 0 Å². The van der Waals surface area contributed by atoms with Crippen LogP contribution in [0.3, 0.4) is 0 Å². The van der Waals surface area contributed by atoms with Crippen molar-refractivity contribution in [2.75, 3.05) is 18.8 Å². The quantitative estimate of drug-likeness (QED) is 0.302. The molecule has 5 rings (SSSR count). The minimum atomic E-state index is -0.414. The number of halogens is 1. The fraction of sp³-hybridized carbons (Fsp3) is 0.267. The van der Waals surface area contributed by atoms with Gasteiger partial charge in [-0.15, -0.1) is 12.4 Å². The van der Waals surface area contributed by atoms with Crippen molar-refractivity contribution in [3.63, 3.8) is 0 Å². The van der Waals surface area contributed by atoms with Crippen molar-refractivity contribution in [2.45, 2.75) is 37.8 Å². The van der Waals surface area contributed by atoms with Crippen LogP contribution in [0.1, 0.15) is 56.8 Å². The van der Waals surface area contributed by atoms with E-state index in [-0.39, 0.29) is 53.6 Å². The Kier molecular flexibility index (Phi) is 10.00. The number of nitrogens with one attached hydrogen (secondary N) is 3. The number of aromatic nitrogens is 1. The maximum absolute atomic E-state index is 13.1. The van der Waals surface area contributed by atoms with Gasteiger partial charge in [-0.25, -0.2) is 4.98 Å². The number of anilines is 1. The van der Waals surface area contributed by atoms with Crippen molar-refractivity contribution in [1.29, 1.82) is 0 Å². The number of aliphatic hydroxyl groups excluding tert-OH is 1. The molecule has 2 aromatic rings. The number of nitrogen functional groups attached to an aromatic ring is 1. The van der Waals surface area contributed by atoms with Gasteiger partial charge < -0.3 is 36.3 Å². The second-order valence-corrected chi connectivity index (χ2v) is 9.89. The van der Waals surface area contributed by atoms with Crippen LogP contribution in [0, 0.1) is 0 Å². The summed E-state index contributed by atoms with van der Waals surface area (Å²) in [5, 5.41) is 19.4. The summed E-state index contributed by atoms with van der Waals surface area (Å²) in [5.74, 6) is -0.342. The van der Waals surface area contributed by atoms with Crippen molar-refractivity contribution in [2.24, 2.45) is 0 Å². The van der Waals surface area contributed by atoms with Gasteiger partial charge in [0.05, 0.1) is 12.1 Å². The monoisotopic (exact) mass is 593 g/mol. The molecule has 11 nitrogen and oxygen atoms in total. The number of Topliss-reactive ketones (excluding diaryl/α,β-unsaturated/α-hetero) is 1. The van der Waals surface area contributed by atoms with E-state index >= 15 is 0 Å². The molecule has 0 spiro atoms. The lowest BCUT2D eigenvalue weighted by atomic mass is 10.0. The van der Waals surface area contributed by atoms with Crippen LogP contribution in [-0.2, 0) is 9.47 Å². The topological polar surface area (TPSA) is 165 Å². The number of nitrogens with zero attached hydrogens (tertiary/aromatic N) is 1. The number of allylic oxidation sites excluding steroid dienone is 4. The van der Waals surface area contributed by atoms with Gasteiger partial charge in [-0.2, -0.15) is 0 Å². The molecule has 0 radical (unpaired) electrons. The largest absolute Gasteiger partial charge is 0.508 e. The van der Waals surface area contributed by atoms with Gasteiger partial charge in [-0.3, -0.25) is 14.4 Å². The number of benzene rings is 1. The van der Waals surface area contributed by atoms with E-state index in [1.54, 1.807) is 36.4 Å². The van der Waals surface area contributed by atoms with Gasteiger partial charge in [0.15, 0.2) is 5.76 Å². The molecule has 1 aromatic carbocycles. The summed E-state index contributed by atoms with van der Waals surface area (Å²) in [5.41, 5.74) is 7.40. The molecule has 1 saturated heterocycles. The summed E-state index contributed by atoms with van der Waals surface area (Å²) in [7, 11) is 0. The van der Waals surface area contributed by atoms with Crippen LogP contribution in [0.2, 0.25) is 0 Å². The fourth-order valence-corrected chi connectivity index (χ4v) is 4.82. The van der Waals surface area contributed by atoms with Crippen LogP contribution in [0.25, 0.3) is 0 Å². The molecule has 2 aliphatic heterocycles. The molecule has 2 atom stereocenters. The Morgan fingerprint density at radius 2 is 1.71 bits per heavy atom. The number of amides is 2. The van der Waals surface area contributed by atoms with E-state index in [1.165, 1.54) is 24.8 Å². The number of ketones is 1. The highest BCUT2D eigenvalue weighted by molar-refractivity contribution is 6.08. The number of hydrogen-bond acceptors (Lipinski definition) is 9. The summed E-state index contributed by atoms with van der Waals surface area (Å²) >= 11 is 0. The van der Waals surface area contributed by atoms with E-state index in [4.69, 9.17) is 15.2 Å². The second kappa shape index (κ2) is 13.8. The molecule has 0 bridgehead atoms. The lowest BCUT2D eigenvalue weighted by Crippen LogP contribution is -2.54. The Morgan fingerprint density at radius 3 is 2.43 bits per heavy atom. The zero-order valence-corrected chi connectivity index (χ0v) is 23.5. The molecule has 3 aliphatic rings. The van der Waals surface area contributed by atoms with Crippen LogP contribution in [-0.4, -0.2) is 52.9 Å². The molecule has 42 heavy (non-hydrogen) atoms. The highest BCUT2D eigenvalue weighted by Gasteiger charge is 2.28. The average Bonchev–Trinajstić information content (AvgIpc) is 3.21. The number of carbonyl (C=O) groups excluding carboxylic acids is 3. The number of carbonyl (C=O) groups is 3. The van der Waals surface area contributed by atoms with Crippen LogP contribution in [0.5, 0.6) is 0 Å². The van der Waals surface area contributed by atoms with Crippen molar-refractivity contribution >= 4 is 35.8 Å². The van der Waals surface area contributed by atoms with E-state index in [9.17, 15) is 19.5 Å². The Bertz CT molecular complexity index is 1470. The predicted molar refractivity (Wildman–Crippen MR) is 158 cm³/mol. The van der Waals surface area contributed by atoms with Gasteiger partial charge in [0, 0.05) is 35.0 Å². The third-order valence-electron chi connectivity index (χ3n) is 7.06. The predicted octanol–water partition coefficient (Wildman–Crippen LogP) is 3.44. The summed E-state index contributed by atoms with van der Waals surface area (Å²) < 4.78 is 11.1. The van der Waals surface area contributed by atoms with E-state index in [0.29, 0.717) is 47.4 Å². The molecule has 3 heterocycles. The number of hydrogen-bond donors (Lipinski definition) is 5. The lowest BCUT2D eigenvalue weighted by molar-refractivity contribution is 0.0882. The summed E-state index contributed by atoms with van der Waals surface area (Å²) in [6, 6.07) is 8.64. The molecule has 12 heteroatoms. The highest BCUT2D eigenvalue weighted by atomic mass is 35.5. The van der Waals surface area contributed by atoms with Crippen LogP contribution in [0.15, 0.2) is 90.1 Å². The first-order valence-electron chi connectivity index (χ1n) is 13.4. The van der Waals surface area contributed by atoms with Gasteiger partial charge in [-0.05, 0) is 62.6 Å². The molecule has 6 N–H and O–H groups in total. The molecular formula is C30H32ClN5O6. The maximum atomic E-state index is 13.1. The third kappa shape index (κ3) is 7.17. The highest BCUT2D eigenvalue weighted by Crippen LogP contribution is 2.28. The van der Waals surface area contributed by atoms with E-state index in [2.05, 4.69) is 20.9 Å². The molecular weight excluding hydrogens is 562 g/mol. The normalized spacial score (nSPS) is 20.0. The number of pyridine rings is 1. The van der Waals surface area contributed by atoms with Crippen molar-refractivity contribution in [3.8, 4) is 0 Å². The van der Waals surface area contributed by atoms with Gasteiger partial charge in [0.25, 0.3) is 11.8 Å².